The van der Waals surface area contributed by atoms with E-state index in [0.29, 0.717) is 6.42 Å². The highest BCUT2D eigenvalue weighted by molar-refractivity contribution is 6.06. The minimum atomic E-state index is -3.36. The smallest absolute Gasteiger partial charge is 0.274 e. The summed E-state index contributed by atoms with van der Waals surface area (Å²) in [5.74, 6) is -7.18. The predicted octanol–water partition coefficient (Wildman–Crippen LogP) is -3.50. The molecule has 0 aromatic rings. The first-order valence-electron chi connectivity index (χ1n) is 16.5. The first-order chi connectivity index (χ1) is 23.1. The third kappa shape index (κ3) is 7.14. The van der Waals surface area contributed by atoms with Crippen LogP contribution >= 0.6 is 0 Å². The lowest BCUT2D eigenvalue weighted by Crippen LogP contribution is -2.81. The van der Waals surface area contributed by atoms with Gasteiger partial charge in [0.05, 0.1) is 51.5 Å². The third-order valence-corrected chi connectivity index (χ3v) is 10.0. The van der Waals surface area contributed by atoms with E-state index in [1.165, 1.54) is 13.8 Å². The Hall–Kier alpha value is -1.88. The van der Waals surface area contributed by atoms with Crippen LogP contribution in [0.25, 0.3) is 0 Å². The zero-order chi connectivity index (χ0) is 36.3. The van der Waals surface area contributed by atoms with Crippen LogP contribution in [0.1, 0.15) is 65.2 Å². The summed E-state index contributed by atoms with van der Waals surface area (Å²) in [6.45, 7) is -1.29. The molecule has 0 bridgehead atoms. The number of aliphatic hydroxyl groups is 8. The molecule has 49 heavy (non-hydrogen) atoms. The van der Waals surface area contributed by atoms with Crippen LogP contribution in [0.3, 0.4) is 0 Å². The van der Waals surface area contributed by atoms with Crippen LogP contribution in [0.4, 0.5) is 0 Å². The van der Waals surface area contributed by atoms with Crippen molar-refractivity contribution >= 4 is 23.1 Å². The molecule has 4 aliphatic rings. The van der Waals surface area contributed by atoms with Gasteiger partial charge < -0.3 is 59.8 Å². The van der Waals surface area contributed by atoms with Crippen molar-refractivity contribution in [2.75, 3.05) is 26.4 Å². The average Bonchev–Trinajstić information content (AvgIpc) is 3.08. The molecule has 0 radical (unpaired) electrons. The highest BCUT2D eigenvalue weighted by Crippen LogP contribution is 2.54. The van der Waals surface area contributed by atoms with Crippen molar-refractivity contribution in [3.63, 3.8) is 0 Å². The van der Waals surface area contributed by atoms with Crippen LogP contribution in [0.5, 0.6) is 0 Å². The lowest BCUT2D eigenvalue weighted by molar-refractivity contribution is -0.470. The van der Waals surface area contributed by atoms with Gasteiger partial charge in [-0.1, -0.05) is 0 Å². The molecular weight excluding hydrogens is 660 g/mol. The summed E-state index contributed by atoms with van der Waals surface area (Å²) in [4.78, 5) is 66.7. The van der Waals surface area contributed by atoms with Gasteiger partial charge in [0.25, 0.3) is 5.79 Å². The maximum Gasteiger partial charge on any atom is 0.274 e. The lowest BCUT2D eigenvalue weighted by atomic mass is 9.58. The fourth-order valence-corrected chi connectivity index (χ4v) is 7.03. The second-order valence-corrected chi connectivity index (χ2v) is 13.2. The van der Waals surface area contributed by atoms with Gasteiger partial charge in [0.15, 0.2) is 17.7 Å². The summed E-state index contributed by atoms with van der Waals surface area (Å²) >= 11 is 0. The minimum absolute atomic E-state index is 0.0591. The van der Waals surface area contributed by atoms with Gasteiger partial charge in [-0.05, 0) is 39.5 Å². The number of carbonyl (C=O) groups excluding carboxylic acids is 4. The Bertz CT molecular complexity index is 1190. The zero-order valence-corrected chi connectivity index (χ0v) is 27.4. The fourth-order valence-electron chi connectivity index (χ4n) is 7.03. The SMILES string of the molecule is C[C@@H]1OC(OC2(C3O[C@@H](C)[C@@H](O)[C@@H](O)[C@@H]3O)C(=O)CC(=O)CCCCOC3(OOCCCCC(=O)CC3=O)C2(CO)CO)[C@@H](O)[C@H](O)[C@@H]1O. The van der Waals surface area contributed by atoms with E-state index in [4.69, 9.17) is 28.7 Å². The Morgan fingerprint density at radius 3 is 1.80 bits per heavy atom. The Labute approximate surface area is 281 Å². The number of ether oxygens (including phenoxy) is 4. The molecule has 0 amide bonds. The zero-order valence-electron chi connectivity index (χ0n) is 27.4. The summed E-state index contributed by atoms with van der Waals surface area (Å²) in [5, 5.41) is 88.2. The van der Waals surface area contributed by atoms with Crippen LogP contribution in [0.15, 0.2) is 0 Å². The number of rotatable bonds is 5. The van der Waals surface area contributed by atoms with Crippen LogP contribution in [0.2, 0.25) is 0 Å². The van der Waals surface area contributed by atoms with Crippen LogP contribution in [-0.4, -0.2) is 163 Å². The van der Waals surface area contributed by atoms with Crippen molar-refractivity contribution in [3.8, 4) is 0 Å². The second kappa shape index (κ2) is 16.2. The lowest BCUT2D eigenvalue weighted by Gasteiger charge is -2.59. The standard InChI is InChI=1S/C31H48O18/c1-15-21(38)23(40)25(42)27(46-15)30(48-28-26(43)24(41)22(39)16(2)47-28)19(36)11-17(34)7-3-5-9-44-31(29(30,13-32)14-33)20(37)12-18(35)8-4-6-10-45-49-31/h15-16,21-28,32-33,38-43H,3-14H2,1-2H3/t15-,16-,21+,22+,23+,24+,25-,26-,27?,28?,30?,31?/m0/s1. The summed E-state index contributed by atoms with van der Waals surface area (Å²) in [7, 11) is 0. The van der Waals surface area contributed by atoms with Crippen molar-refractivity contribution in [2.45, 2.75) is 138 Å². The van der Waals surface area contributed by atoms with Crippen molar-refractivity contribution in [1.29, 1.82) is 0 Å². The van der Waals surface area contributed by atoms with E-state index in [2.05, 4.69) is 0 Å². The number of carbonyl (C=O) groups is 4. The molecule has 4 unspecified atom stereocenters. The predicted molar refractivity (Wildman–Crippen MR) is 158 cm³/mol. The van der Waals surface area contributed by atoms with E-state index in [-0.39, 0.29) is 38.7 Å². The van der Waals surface area contributed by atoms with E-state index in [9.17, 15) is 60.0 Å². The van der Waals surface area contributed by atoms with E-state index < -0.39 is 134 Å². The first-order valence-corrected chi connectivity index (χ1v) is 16.5. The summed E-state index contributed by atoms with van der Waals surface area (Å²) in [6, 6.07) is 0. The summed E-state index contributed by atoms with van der Waals surface area (Å²) in [6.07, 6.45) is -21.1. The molecule has 4 heterocycles. The minimum Gasteiger partial charge on any atom is -0.395 e. The largest absolute Gasteiger partial charge is 0.395 e. The van der Waals surface area contributed by atoms with Crippen molar-refractivity contribution in [2.24, 2.45) is 5.41 Å². The second-order valence-electron chi connectivity index (χ2n) is 13.2. The van der Waals surface area contributed by atoms with E-state index in [1.54, 1.807) is 0 Å². The molecule has 0 aromatic carbocycles. The normalized spacial score (nSPS) is 43.6. The molecule has 18 heteroatoms. The van der Waals surface area contributed by atoms with Crippen molar-refractivity contribution < 1.29 is 88.8 Å². The fraction of sp³-hybridized carbons (Fsp3) is 0.871. The molecule has 12 atom stereocenters. The average molecular weight is 709 g/mol. The molecule has 1 spiro atoms. The van der Waals surface area contributed by atoms with Crippen LogP contribution in [0, 0.1) is 5.41 Å². The molecule has 4 saturated heterocycles. The molecule has 280 valence electrons. The van der Waals surface area contributed by atoms with Gasteiger partial charge in [-0.2, -0.15) is 4.89 Å². The van der Waals surface area contributed by atoms with E-state index in [1.807, 2.05) is 0 Å². The van der Waals surface area contributed by atoms with Gasteiger partial charge in [-0.3, -0.25) is 19.2 Å². The number of ketones is 4. The highest BCUT2D eigenvalue weighted by Gasteiger charge is 2.78. The monoisotopic (exact) mass is 708 g/mol. The number of hydrogen-bond acceptors (Lipinski definition) is 18. The third-order valence-electron chi connectivity index (χ3n) is 10.0. The maximum atomic E-state index is 14.9. The molecule has 4 aliphatic heterocycles. The quantitative estimate of drug-likeness (QED) is 0.102. The van der Waals surface area contributed by atoms with Crippen LogP contribution < -0.4 is 0 Å². The van der Waals surface area contributed by atoms with Crippen LogP contribution in [-0.2, 0) is 47.9 Å². The molecule has 18 nitrogen and oxygen atoms in total. The van der Waals surface area contributed by atoms with Gasteiger partial charge in [0, 0.05) is 12.8 Å². The molecule has 4 rings (SSSR count). The Morgan fingerprint density at radius 2 is 1.20 bits per heavy atom. The topological polar surface area (TPSA) is 285 Å². The van der Waals surface area contributed by atoms with Crippen molar-refractivity contribution in [3.05, 3.63) is 0 Å². The first kappa shape index (κ1) is 39.9. The van der Waals surface area contributed by atoms with Gasteiger partial charge in [0.1, 0.15) is 59.7 Å². The molecule has 8 N–H and O–H groups in total. The maximum absolute atomic E-state index is 14.9. The van der Waals surface area contributed by atoms with E-state index in [0.717, 1.165) is 0 Å². The summed E-state index contributed by atoms with van der Waals surface area (Å²) < 4.78 is 23.8. The number of aliphatic hydroxyl groups excluding tert-OH is 8. The molecule has 4 fully saturated rings. The number of hydrogen-bond donors (Lipinski definition) is 8. The highest BCUT2D eigenvalue weighted by atomic mass is 17.2. The Balaban J connectivity index is 2.12. The van der Waals surface area contributed by atoms with Crippen molar-refractivity contribution in [1.82, 2.24) is 0 Å². The molecule has 0 aromatic heterocycles. The van der Waals surface area contributed by atoms with Gasteiger partial charge in [0.2, 0.25) is 5.78 Å². The van der Waals surface area contributed by atoms with Gasteiger partial charge in [-0.15, -0.1) is 0 Å². The number of Topliss-reactive ketones (excluding diaryl/α,β-unsaturated/α-hetero) is 4. The molecule has 0 saturated carbocycles. The molecular formula is C31H48O18. The Morgan fingerprint density at radius 1 is 0.673 bits per heavy atom. The summed E-state index contributed by atoms with van der Waals surface area (Å²) in [5.41, 5.74) is -6.47. The molecule has 0 aliphatic carbocycles. The van der Waals surface area contributed by atoms with E-state index >= 15 is 0 Å². The van der Waals surface area contributed by atoms with Gasteiger partial charge in [-0.25, -0.2) is 4.89 Å². The van der Waals surface area contributed by atoms with Gasteiger partial charge >= 0.3 is 0 Å². The Kier molecular flexibility index (Phi) is 13.2.